The lowest BCUT2D eigenvalue weighted by molar-refractivity contribution is -0.161. The first kappa shape index (κ1) is 20.3. The molecule has 2 aliphatic rings. The van der Waals surface area contributed by atoms with Gasteiger partial charge in [0.25, 0.3) is 11.8 Å². The standard InChI is InChI=1S/C25H23N3O4/c26-15-20-16-32-22-7-6-19(14-21(20)22)17-2-4-18(5-3-17)23(29)27-10-12-28(13-11-27)24(30)25(31)8-1-9-25/h2-7,14,16,31H,1,8-13H2. The molecule has 0 atom stereocenters. The number of furan rings is 1. The molecule has 7 heteroatoms. The minimum atomic E-state index is -1.19. The first-order valence-electron chi connectivity index (χ1n) is 10.8. The number of nitrogens with zero attached hydrogens (tertiary/aromatic N) is 3. The number of hydrogen-bond acceptors (Lipinski definition) is 5. The van der Waals surface area contributed by atoms with Gasteiger partial charge in [0.05, 0.1) is 5.56 Å². The van der Waals surface area contributed by atoms with Crippen LogP contribution in [0.25, 0.3) is 22.1 Å². The second-order valence-electron chi connectivity index (χ2n) is 8.52. The third-order valence-electron chi connectivity index (χ3n) is 6.59. The van der Waals surface area contributed by atoms with Crippen LogP contribution in [0, 0.1) is 11.3 Å². The Hall–Kier alpha value is -3.63. The molecule has 7 nitrogen and oxygen atoms in total. The third-order valence-corrected chi connectivity index (χ3v) is 6.59. The average Bonchev–Trinajstić information content (AvgIpc) is 3.24. The van der Waals surface area contributed by atoms with Crippen LogP contribution >= 0.6 is 0 Å². The van der Waals surface area contributed by atoms with Crippen molar-refractivity contribution >= 4 is 22.8 Å². The van der Waals surface area contributed by atoms with Gasteiger partial charge < -0.3 is 19.3 Å². The molecule has 1 saturated carbocycles. The van der Waals surface area contributed by atoms with Gasteiger partial charge in [-0.15, -0.1) is 0 Å². The number of carbonyl (C=O) groups excluding carboxylic acids is 2. The maximum absolute atomic E-state index is 12.9. The summed E-state index contributed by atoms with van der Waals surface area (Å²) in [6.45, 7) is 1.79. The highest BCUT2D eigenvalue weighted by molar-refractivity contribution is 5.95. The van der Waals surface area contributed by atoms with Gasteiger partial charge in [0.1, 0.15) is 23.5 Å². The molecule has 2 heterocycles. The topological polar surface area (TPSA) is 97.8 Å². The summed E-state index contributed by atoms with van der Waals surface area (Å²) in [5.74, 6) is -0.266. The van der Waals surface area contributed by atoms with Crippen LogP contribution in [0.4, 0.5) is 0 Å². The van der Waals surface area contributed by atoms with Crippen molar-refractivity contribution in [3.63, 3.8) is 0 Å². The van der Waals surface area contributed by atoms with Crippen LogP contribution in [0.15, 0.2) is 53.1 Å². The first-order valence-corrected chi connectivity index (χ1v) is 10.8. The number of fused-ring (bicyclic) bond motifs is 1. The number of hydrogen-bond donors (Lipinski definition) is 1. The molecule has 1 aliphatic carbocycles. The van der Waals surface area contributed by atoms with Crippen molar-refractivity contribution in [1.29, 1.82) is 5.26 Å². The van der Waals surface area contributed by atoms with E-state index in [1.165, 1.54) is 6.26 Å². The minimum absolute atomic E-state index is 0.0666. The fourth-order valence-electron chi connectivity index (χ4n) is 4.42. The van der Waals surface area contributed by atoms with Gasteiger partial charge in [-0.3, -0.25) is 9.59 Å². The SMILES string of the molecule is N#Cc1coc2ccc(-c3ccc(C(=O)N4CCN(C(=O)C5(O)CCC5)CC4)cc3)cc12. The normalized spacial score (nSPS) is 17.6. The van der Waals surface area contributed by atoms with Gasteiger partial charge in [-0.25, -0.2) is 0 Å². The molecule has 0 bridgehead atoms. The third kappa shape index (κ3) is 3.43. The van der Waals surface area contributed by atoms with Crippen molar-refractivity contribution in [2.75, 3.05) is 26.2 Å². The highest BCUT2D eigenvalue weighted by Gasteiger charge is 2.45. The van der Waals surface area contributed by atoms with E-state index in [0.29, 0.717) is 55.7 Å². The predicted molar refractivity (Wildman–Crippen MR) is 118 cm³/mol. The zero-order chi connectivity index (χ0) is 22.3. The summed E-state index contributed by atoms with van der Waals surface area (Å²) in [7, 11) is 0. The molecule has 2 amide bonds. The molecule has 5 rings (SSSR count). The molecule has 162 valence electrons. The van der Waals surface area contributed by atoms with Crippen molar-refractivity contribution in [3.05, 3.63) is 59.9 Å². The molecule has 1 aliphatic heterocycles. The van der Waals surface area contributed by atoms with Crippen LogP contribution < -0.4 is 0 Å². The van der Waals surface area contributed by atoms with E-state index >= 15 is 0 Å². The lowest BCUT2D eigenvalue weighted by atomic mass is 9.79. The molecule has 1 saturated heterocycles. The summed E-state index contributed by atoms with van der Waals surface area (Å²) in [5.41, 5.74) is 2.45. The molecular formula is C25H23N3O4. The smallest absolute Gasteiger partial charge is 0.254 e. The molecule has 0 radical (unpaired) electrons. The monoisotopic (exact) mass is 429 g/mol. The summed E-state index contributed by atoms with van der Waals surface area (Å²) in [4.78, 5) is 28.8. The maximum Gasteiger partial charge on any atom is 0.254 e. The maximum atomic E-state index is 12.9. The molecule has 0 spiro atoms. The van der Waals surface area contributed by atoms with Crippen LogP contribution in [0.2, 0.25) is 0 Å². The van der Waals surface area contributed by atoms with Gasteiger partial charge in [0.15, 0.2) is 0 Å². The lowest BCUT2D eigenvalue weighted by Crippen LogP contribution is -2.58. The number of nitriles is 1. The average molecular weight is 429 g/mol. The second-order valence-corrected chi connectivity index (χ2v) is 8.52. The number of benzene rings is 2. The highest BCUT2D eigenvalue weighted by atomic mass is 16.3. The molecule has 2 fully saturated rings. The van der Waals surface area contributed by atoms with Gasteiger partial charge in [0.2, 0.25) is 0 Å². The van der Waals surface area contributed by atoms with E-state index in [4.69, 9.17) is 4.42 Å². The van der Waals surface area contributed by atoms with Gasteiger partial charge in [-0.1, -0.05) is 18.2 Å². The van der Waals surface area contributed by atoms with E-state index < -0.39 is 5.60 Å². The Morgan fingerprint density at radius 1 is 0.969 bits per heavy atom. The Balaban J connectivity index is 1.26. The number of rotatable bonds is 3. The zero-order valence-electron chi connectivity index (χ0n) is 17.6. The molecule has 1 aromatic heterocycles. The Bertz CT molecular complexity index is 1230. The van der Waals surface area contributed by atoms with E-state index in [-0.39, 0.29) is 11.8 Å². The molecule has 3 aromatic rings. The van der Waals surface area contributed by atoms with E-state index in [2.05, 4.69) is 6.07 Å². The van der Waals surface area contributed by atoms with Gasteiger partial charge >= 0.3 is 0 Å². The predicted octanol–water partition coefficient (Wildman–Crippen LogP) is 3.17. The minimum Gasteiger partial charge on any atom is -0.463 e. The van der Waals surface area contributed by atoms with Crippen LogP contribution in [0.5, 0.6) is 0 Å². The number of carbonyl (C=O) groups is 2. The summed E-state index contributed by atoms with van der Waals surface area (Å²) in [5, 5.41) is 20.3. The number of piperazine rings is 1. The van der Waals surface area contributed by atoms with E-state index in [1.54, 1.807) is 21.9 Å². The lowest BCUT2D eigenvalue weighted by Gasteiger charge is -2.42. The molecular weight excluding hydrogens is 406 g/mol. The van der Waals surface area contributed by atoms with E-state index in [0.717, 1.165) is 22.9 Å². The number of aliphatic hydroxyl groups is 1. The van der Waals surface area contributed by atoms with Gasteiger partial charge in [-0.05, 0) is 54.7 Å². The Labute approximate surface area is 185 Å². The van der Waals surface area contributed by atoms with Crippen molar-refractivity contribution in [2.24, 2.45) is 0 Å². The highest BCUT2D eigenvalue weighted by Crippen LogP contribution is 2.33. The largest absolute Gasteiger partial charge is 0.463 e. The van der Waals surface area contributed by atoms with Crippen LogP contribution in [-0.2, 0) is 4.79 Å². The van der Waals surface area contributed by atoms with Crippen molar-refractivity contribution in [1.82, 2.24) is 9.80 Å². The van der Waals surface area contributed by atoms with Crippen LogP contribution in [-0.4, -0.2) is 58.5 Å². The Morgan fingerprint density at radius 3 is 2.25 bits per heavy atom. The Morgan fingerprint density at radius 2 is 1.62 bits per heavy atom. The van der Waals surface area contributed by atoms with Crippen molar-refractivity contribution in [3.8, 4) is 17.2 Å². The summed E-state index contributed by atoms with van der Waals surface area (Å²) >= 11 is 0. The fourth-order valence-corrected chi connectivity index (χ4v) is 4.42. The first-order chi connectivity index (χ1) is 15.5. The fraction of sp³-hybridized carbons (Fsp3) is 0.320. The quantitative estimate of drug-likeness (QED) is 0.690. The van der Waals surface area contributed by atoms with Crippen molar-refractivity contribution in [2.45, 2.75) is 24.9 Å². The molecule has 0 unspecified atom stereocenters. The molecule has 1 N–H and O–H groups in total. The van der Waals surface area contributed by atoms with Gasteiger partial charge in [0, 0.05) is 37.1 Å². The molecule has 2 aromatic carbocycles. The number of amides is 2. The van der Waals surface area contributed by atoms with Crippen LogP contribution in [0.3, 0.4) is 0 Å². The van der Waals surface area contributed by atoms with E-state index in [1.807, 2.05) is 30.3 Å². The summed E-state index contributed by atoms with van der Waals surface area (Å²) < 4.78 is 5.39. The van der Waals surface area contributed by atoms with Crippen molar-refractivity contribution < 1.29 is 19.1 Å². The van der Waals surface area contributed by atoms with E-state index in [9.17, 15) is 20.0 Å². The second kappa shape index (κ2) is 7.81. The Kier molecular flexibility index (Phi) is 4.95. The summed E-state index contributed by atoms with van der Waals surface area (Å²) in [6, 6.07) is 15.2. The van der Waals surface area contributed by atoms with Gasteiger partial charge in [-0.2, -0.15) is 5.26 Å². The summed E-state index contributed by atoms with van der Waals surface area (Å²) in [6.07, 6.45) is 3.40. The molecule has 32 heavy (non-hydrogen) atoms. The zero-order valence-corrected chi connectivity index (χ0v) is 17.6. The van der Waals surface area contributed by atoms with Crippen LogP contribution in [0.1, 0.15) is 35.2 Å².